The molecule has 0 aromatic heterocycles. The molecule has 0 saturated heterocycles. The highest BCUT2D eigenvalue weighted by atomic mass is 32.2. The second-order valence-electron chi connectivity index (χ2n) is 7.32. The number of rotatable bonds is 10. The van der Waals surface area contributed by atoms with Crippen LogP contribution in [0.25, 0.3) is 0 Å². The van der Waals surface area contributed by atoms with E-state index in [9.17, 15) is 18.0 Å². The summed E-state index contributed by atoms with van der Waals surface area (Å²) in [5.74, 6) is -3.30. The van der Waals surface area contributed by atoms with Crippen molar-refractivity contribution in [2.45, 2.75) is 18.6 Å². The molecule has 0 spiro atoms. The van der Waals surface area contributed by atoms with Gasteiger partial charge in [0.05, 0.1) is 7.11 Å². The smallest absolute Gasteiger partial charge is 0.325 e. The van der Waals surface area contributed by atoms with Gasteiger partial charge in [-0.2, -0.15) is 4.72 Å². The number of benzene rings is 3. The summed E-state index contributed by atoms with van der Waals surface area (Å²) in [5.41, 5.74) is 2.19. The summed E-state index contributed by atoms with van der Waals surface area (Å²) in [6, 6.07) is 25.9. The van der Waals surface area contributed by atoms with Gasteiger partial charge in [-0.3, -0.25) is 9.59 Å². The van der Waals surface area contributed by atoms with Crippen molar-refractivity contribution >= 4 is 22.0 Å². The molecule has 0 heterocycles. The fourth-order valence-corrected chi connectivity index (χ4v) is 4.55. The number of esters is 2. The third kappa shape index (κ3) is 7.00. The van der Waals surface area contributed by atoms with Crippen LogP contribution in [-0.4, -0.2) is 39.3 Å². The molecule has 8 heteroatoms. The van der Waals surface area contributed by atoms with Crippen molar-refractivity contribution in [3.63, 3.8) is 0 Å². The van der Waals surface area contributed by atoms with Crippen LogP contribution in [-0.2, 0) is 35.7 Å². The van der Waals surface area contributed by atoms with Crippen molar-refractivity contribution < 1.29 is 27.5 Å². The summed E-state index contributed by atoms with van der Waals surface area (Å²) in [6.07, 6.45) is 0. The highest BCUT2D eigenvalue weighted by Crippen LogP contribution is 2.29. The van der Waals surface area contributed by atoms with Gasteiger partial charge in [0.25, 0.3) is 0 Å². The Hall–Kier alpha value is -3.49. The highest BCUT2D eigenvalue weighted by Gasteiger charge is 2.36. The van der Waals surface area contributed by atoms with Gasteiger partial charge in [0, 0.05) is 5.92 Å². The van der Waals surface area contributed by atoms with E-state index in [4.69, 9.17) is 4.74 Å². The second-order valence-corrected chi connectivity index (χ2v) is 9.08. The van der Waals surface area contributed by atoms with E-state index in [-0.39, 0.29) is 6.61 Å². The minimum Gasteiger partial charge on any atom is -0.468 e. The quantitative estimate of drug-likeness (QED) is 0.460. The van der Waals surface area contributed by atoms with E-state index in [1.54, 1.807) is 36.4 Å². The molecule has 1 N–H and O–H groups in total. The van der Waals surface area contributed by atoms with Gasteiger partial charge in [-0.25, -0.2) is 8.42 Å². The average molecular weight is 468 g/mol. The number of methoxy groups -OCH3 is 1. The fraction of sp³-hybridized carbons (Fsp3) is 0.200. The minimum atomic E-state index is -4.21. The highest BCUT2D eigenvalue weighted by molar-refractivity contribution is 7.90. The molecule has 0 radical (unpaired) electrons. The fourth-order valence-electron chi connectivity index (χ4n) is 3.42. The number of hydrogen-bond donors (Lipinski definition) is 1. The topological polar surface area (TPSA) is 98.8 Å². The summed E-state index contributed by atoms with van der Waals surface area (Å²) in [4.78, 5) is 24.9. The lowest BCUT2D eigenvalue weighted by Crippen LogP contribution is -2.47. The number of carbonyl (C=O) groups excluding carboxylic acids is 2. The lowest BCUT2D eigenvalue weighted by molar-refractivity contribution is -0.147. The maximum atomic E-state index is 13.3. The van der Waals surface area contributed by atoms with Gasteiger partial charge in [0.2, 0.25) is 10.0 Å². The molecular formula is C25H25NO6S. The predicted molar refractivity (Wildman–Crippen MR) is 124 cm³/mol. The maximum Gasteiger partial charge on any atom is 0.325 e. The molecule has 0 bridgehead atoms. The Morgan fingerprint density at radius 3 is 1.79 bits per heavy atom. The van der Waals surface area contributed by atoms with Crippen LogP contribution in [0.2, 0.25) is 0 Å². The van der Waals surface area contributed by atoms with Crippen molar-refractivity contribution in [3.8, 4) is 0 Å². The summed E-state index contributed by atoms with van der Waals surface area (Å²) in [6.45, 7) is -0.0226. The standard InChI is InChI=1S/C25H25NO6S/c1-31-22(27)18-33(29,30)26-24(25(28)32-17-19-11-5-2-6-12-19)23(20-13-7-3-8-14-20)21-15-9-4-10-16-21/h2-16,23-24,26H,17-18H2,1H3/t24-/m0/s1. The van der Waals surface area contributed by atoms with E-state index in [0.29, 0.717) is 11.1 Å². The number of hydrogen-bond acceptors (Lipinski definition) is 6. The Balaban J connectivity index is 1.99. The van der Waals surface area contributed by atoms with Crippen LogP contribution in [0.5, 0.6) is 0 Å². The molecule has 1 atom stereocenters. The summed E-state index contributed by atoms with van der Waals surface area (Å²) >= 11 is 0. The van der Waals surface area contributed by atoms with Gasteiger partial charge in [0.1, 0.15) is 12.6 Å². The largest absolute Gasteiger partial charge is 0.468 e. The van der Waals surface area contributed by atoms with Gasteiger partial charge in [-0.1, -0.05) is 91.0 Å². The van der Waals surface area contributed by atoms with Gasteiger partial charge < -0.3 is 9.47 Å². The minimum absolute atomic E-state index is 0.0226. The second kappa shape index (κ2) is 11.4. The van der Waals surface area contributed by atoms with Crippen molar-refractivity contribution in [2.24, 2.45) is 0 Å². The van der Waals surface area contributed by atoms with Crippen molar-refractivity contribution in [3.05, 3.63) is 108 Å². The lowest BCUT2D eigenvalue weighted by Gasteiger charge is -2.27. The molecular weight excluding hydrogens is 442 g/mol. The monoisotopic (exact) mass is 467 g/mol. The zero-order valence-electron chi connectivity index (χ0n) is 18.1. The number of nitrogens with one attached hydrogen (secondary N) is 1. The van der Waals surface area contributed by atoms with Crippen LogP contribution in [0.15, 0.2) is 91.0 Å². The summed E-state index contributed by atoms with van der Waals surface area (Å²) in [7, 11) is -3.11. The molecule has 3 aromatic carbocycles. The van der Waals surface area contributed by atoms with Crippen LogP contribution >= 0.6 is 0 Å². The first kappa shape index (κ1) is 24.2. The molecule has 3 aromatic rings. The Kier molecular flexibility index (Phi) is 8.34. The molecule has 0 fully saturated rings. The Morgan fingerprint density at radius 2 is 1.30 bits per heavy atom. The van der Waals surface area contributed by atoms with Crippen molar-refractivity contribution in [1.82, 2.24) is 4.72 Å². The molecule has 0 saturated carbocycles. The first-order valence-electron chi connectivity index (χ1n) is 10.3. The molecule has 0 unspecified atom stereocenters. The van der Waals surface area contributed by atoms with Gasteiger partial charge in [-0.05, 0) is 16.7 Å². The third-order valence-corrected chi connectivity index (χ3v) is 6.20. The summed E-state index contributed by atoms with van der Waals surface area (Å²) < 4.78 is 37.9. The van der Waals surface area contributed by atoms with E-state index in [1.165, 1.54) is 0 Å². The first-order chi connectivity index (χ1) is 15.9. The van der Waals surface area contributed by atoms with E-state index < -0.39 is 39.7 Å². The molecule has 0 aliphatic rings. The molecule has 172 valence electrons. The number of ether oxygens (including phenoxy) is 2. The molecule has 7 nitrogen and oxygen atoms in total. The molecule has 33 heavy (non-hydrogen) atoms. The molecule has 3 rings (SSSR count). The van der Waals surface area contributed by atoms with Crippen molar-refractivity contribution in [2.75, 3.05) is 12.9 Å². The molecule has 0 amide bonds. The Bertz CT molecular complexity index is 1110. The lowest BCUT2D eigenvalue weighted by atomic mass is 9.85. The van der Waals surface area contributed by atoms with E-state index >= 15 is 0 Å². The van der Waals surface area contributed by atoms with Crippen LogP contribution in [0.4, 0.5) is 0 Å². The van der Waals surface area contributed by atoms with E-state index in [2.05, 4.69) is 9.46 Å². The van der Waals surface area contributed by atoms with Gasteiger partial charge >= 0.3 is 11.9 Å². The zero-order valence-corrected chi connectivity index (χ0v) is 18.9. The van der Waals surface area contributed by atoms with Crippen molar-refractivity contribution in [1.29, 1.82) is 0 Å². The Morgan fingerprint density at radius 1 is 0.818 bits per heavy atom. The van der Waals surface area contributed by atoms with E-state index in [1.807, 2.05) is 54.6 Å². The predicted octanol–water partition coefficient (Wildman–Crippen LogP) is 3.02. The Labute approximate surface area is 193 Å². The SMILES string of the molecule is COC(=O)CS(=O)(=O)N[C@H](C(=O)OCc1ccccc1)C(c1ccccc1)c1ccccc1. The molecule has 0 aliphatic heterocycles. The number of carbonyl (C=O) groups is 2. The van der Waals surface area contributed by atoms with Crippen LogP contribution in [0.1, 0.15) is 22.6 Å². The maximum absolute atomic E-state index is 13.3. The van der Waals surface area contributed by atoms with E-state index in [0.717, 1.165) is 12.7 Å². The van der Waals surface area contributed by atoms with Crippen LogP contribution in [0.3, 0.4) is 0 Å². The van der Waals surface area contributed by atoms with Gasteiger partial charge in [-0.15, -0.1) is 0 Å². The number of sulfonamides is 1. The normalized spacial score (nSPS) is 12.2. The third-order valence-electron chi connectivity index (χ3n) is 4.97. The summed E-state index contributed by atoms with van der Waals surface area (Å²) in [5, 5.41) is 0. The first-order valence-corrected chi connectivity index (χ1v) is 11.9. The zero-order chi connectivity index (χ0) is 23.7. The molecule has 0 aliphatic carbocycles. The van der Waals surface area contributed by atoms with Crippen LogP contribution in [0, 0.1) is 0 Å². The van der Waals surface area contributed by atoms with Gasteiger partial charge in [0.15, 0.2) is 5.75 Å². The van der Waals surface area contributed by atoms with Crippen LogP contribution < -0.4 is 4.72 Å². The average Bonchev–Trinajstić information content (AvgIpc) is 2.83.